The molecule has 1 aliphatic heterocycles. The number of rotatable bonds is 4. The van der Waals surface area contributed by atoms with Gasteiger partial charge in [0.1, 0.15) is 17.2 Å². The Morgan fingerprint density at radius 2 is 2.03 bits per heavy atom. The fourth-order valence-corrected chi connectivity index (χ4v) is 4.30. The Kier molecular flexibility index (Phi) is 5.00. The van der Waals surface area contributed by atoms with E-state index in [9.17, 15) is 22.4 Å². The van der Waals surface area contributed by atoms with Crippen LogP contribution in [0.4, 0.5) is 23.2 Å². The quantitative estimate of drug-likeness (QED) is 0.333. The van der Waals surface area contributed by atoms with Crippen molar-refractivity contribution in [1.82, 2.24) is 4.98 Å². The van der Waals surface area contributed by atoms with Gasteiger partial charge in [-0.3, -0.25) is 4.98 Å². The van der Waals surface area contributed by atoms with E-state index in [1.807, 2.05) is 4.90 Å². The summed E-state index contributed by atoms with van der Waals surface area (Å²) in [5.74, 6) is -5.37. The Morgan fingerprint density at radius 3 is 2.81 bits per heavy atom. The van der Waals surface area contributed by atoms with Crippen LogP contribution in [0.5, 0.6) is 0 Å². The van der Waals surface area contributed by atoms with Crippen molar-refractivity contribution in [3.05, 3.63) is 59.3 Å². The summed E-state index contributed by atoms with van der Waals surface area (Å²) in [7, 11) is 0. The summed E-state index contributed by atoms with van der Waals surface area (Å²) in [6.45, 7) is 2.73. The number of carbonyl (C=O) groups is 1. The van der Waals surface area contributed by atoms with Gasteiger partial charge in [-0.25, -0.2) is 22.4 Å². The van der Waals surface area contributed by atoms with Gasteiger partial charge in [-0.15, -0.1) is 0 Å². The molecule has 2 unspecified atom stereocenters. The van der Waals surface area contributed by atoms with E-state index in [0.29, 0.717) is 30.3 Å². The Hall–Kier alpha value is -3.20. The smallest absolute Gasteiger partial charge is 0.341 e. The summed E-state index contributed by atoms with van der Waals surface area (Å²) in [4.78, 5) is 18.9. The maximum Gasteiger partial charge on any atom is 0.341 e. The molecule has 2 fully saturated rings. The standard InChI is InChI=1S/C23H18F4N2O3/c1-2-31-23(30)14-10-28-21-12(22(14)29-5-6-32-18-9-17(18)29)3-4-15(25)19(21)13-7-11(24)8-16(26)20(13)27/h3-4,7-8,10,17-18H,2,5-6,9H2,1H3. The highest BCUT2D eigenvalue weighted by Crippen LogP contribution is 2.44. The van der Waals surface area contributed by atoms with E-state index in [2.05, 4.69) is 4.98 Å². The Balaban J connectivity index is 1.79. The van der Waals surface area contributed by atoms with Crippen molar-refractivity contribution >= 4 is 22.6 Å². The van der Waals surface area contributed by atoms with Crippen molar-refractivity contribution in [3.8, 4) is 11.1 Å². The van der Waals surface area contributed by atoms with Crippen LogP contribution in [0.1, 0.15) is 23.7 Å². The number of pyridine rings is 1. The number of halogens is 4. The summed E-state index contributed by atoms with van der Waals surface area (Å²) in [5.41, 5.74) is -0.339. The summed E-state index contributed by atoms with van der Waals surface area (Å²) in [6.07, 6.45) is 2.03. The molecule has 2 aliphatic rings. The van der Waals surface area contributed by atoms with Crippen molar-refractivity contribution in [1.29, 1.82) is 0 Å². The predicted octanol–water partition coefficient (Wildman–Crippen LogP) is 4.61. The first kappa shape index (κ1) is 20.7. The first-order valence-electron chi connectivity index (χ1n) is 10.2. The zero-order valence-corrected chi connectivity index (χ0v) is 17.0. The average Bonchev–Trinajstić information content (AvgIpc) is 3.56. The van der Waals surface area contributed by atoms with Crippen LogP contribution in [-0.2, 0) is 9.47 Å². The van der Waals surface area contributed by atoms with Gasteiger partial charge in [0.15, 0.2) is 11.6 Å². The highest BCUT2D eigenvalue weighted by atomic mass is 19.2. The van der Waals surface area contributed by atoms with E-state index >= 15 is 0 Å². The fourth-order valence-electron chi connectivity index (χ4n) is 4.30. The molecule has 0 N–H and O–H groups in total. The van der Waals surface area contributed by atoms with Crippen LogP contribution in [0.3, 0.4) is 0 Å². The molecule has 0 bridgehead atoms. The lowest BCUT2D eigenvalue weighted by atomic mass is 9.97. The molecule has 5 nitrogen and oxygen atoms in total. The third kappa shape index (κ3) is 3.28. The molecule has 0 spiro atoms. The van der Waals surface area contributed by atoms with Gasteiger partial charge in [-0.2, -0.15) is 0 Å². The monoisotopic (exact) mass is 446 g/mol. The molecule has 2 atom stereocenters. The molecule has 2 heterocycles. The van der Waals surface area contributed by atoms with Gasteiger partial charge in [0, 0.05) is 35.3 Å². The van der Waals surface area contributed by atoms with Crippen LogP contribution in [0, 0.1) is 23.3 Å². The van der Waals surface area contributed by atoms with Gasteiger partial charge in [0.05, 0.1) is 36.6 Å². The molecule has 0 radical (unpaired) electrons. The number of benzene rings is 2. The lowest BCUT2D eigenvalue weighted by Crippen LogP contribution is -2.38. The van der Waals surface area contributed by atoms with Gasteiger partial charge < -0.3 is 14.4 Å². The lowest BCUT2D eigenvalue weighted by molar-refractivity contribution is 0.0525. The van der Waals surface area contributed by atoms with Crippen LogP contribution >= 0.6 is 0 Å². The lowest BCUT2D eigenvalue weighted by Gasteiger charge is -2.31. The molecule has 1 saturated carbocycles. The number of hydrogen-bond acceptors (Lipinski definition) is 5. The normalized spacial score (nSPS) is 19.7. The van der Waals surface area contributed by atoms with Crippen LogP contribution in [-0.4, -0.2) is 42.9 Å². The van der Waals surface area contributed by atoms with Crippen molar-refractivity contribution < 1.29 is 31.8 Å². The fraction of sp³-hybridized carbons (Fsp3) is 0.304. The largest absolute Gasteiger partial charge is 0.462 e. The van der Waals surface area contributed by atoms with Crippen molar-refractivity contribution in [2.45, 2.75) is 25.5 Å². The number of carbonyl (C=O) groups excluding carboxylic acids is 1. The summed E-state index contributed by atoms with van der Waals surface area (Å²) in [6, 6.07) is 3.65. The minimum absolute atomic E-state index is 0.0133. The number of anilines is 1. The minimum atomic E-state index is -1.44. The van der Waals surface area contributed by atoms with Crippen molar-refractivity contribution in [2.24, 2.45) is 0 Å². The maximum absolute atomic E-state index is 14.9. The van der Waals surface area contributed by atoms with Gasteiger partial charge in [-0.1, -0.05) is 0 Å². The zero-order chi connectivity index (χ0) is 22.6. The molecule has 32 heavy (non-hydrogen) atoms. The Labute approximate surface area is 180 Å². The summed E-state index contributed by atoms with van der Waals surface area (Å²) in [5, 5.41) is 0.351. The van der Waals surface area contributed by atoms with E-state index in [1.165, 1.54) is 12.3 Å². The molecule has 166 valence electrons. The number of nitrogens with zero attached hydrogens (tertiary/aromatic N) is 2. The van der Waals surface area contributed by atoms with Crippen LogP contribution in [0.2, 0.25) is 0 Å². The Morgan fingerprint density at radius 1 is 1.22 bits per heavy atom. The van der Waals surface area contributed by atoms with E-state index in [0.717, 1.165) is 18.6 Å². The third-order valence-corrected chi connectivity index (χ3v) is 5.77. The number of esters is 1. The number of morpholine rings is 1. The number of fused-ring (bicyclic) bond motifs is 2. The van der Waals surface area contributed by atoms with Gasteiger partial charge in [-0.05, 0) is 31.5 Å². The number of hydrogen-bond donors (Lipinski definition) is 0. The minimum Gasteiger partial charge on any atom is -0.462 e. The Bertz CT molecular complexity index is 1250. The maximum atomic E-state index is 14.9. The highest BCUT2D eigenvalue weighted by molar-refractivity contribution is 6.09. The van der Waals surface area contributed by atoms with E-state index < -0.39 is 34.8 Å². The third-order valence-electron chi connectivity index (χ3n) is 5.77. The first-order chi connectivity index (χ1) is 15.4. The second-order valence-corrected chi connectivity index (χ2v) is 7.71. The molecule has 1 aliphatic carbocycles. The number of ether oxygens (including phenoxy) is 2. The molecule has 1 saturated heterocycles. The van der Waals surface area contributed by atoms with E-state index in [4.69, 9.17) is 9.47 Å². The SMILES string of the molecule is CCOC(=O)c1cnc2c(-c3cc(F)cc(F)c3F)c(F)ccc2c1N1CCOC2CC21. The molecule has 3 aromatic rings. The second-order valence-electron chi connectivity index (χ2n) is 7.71. The van der Waals surface area contributed by atoms with Crippen LogP contribution in [0.25, 0.3) is 22.0 Å². The molecule has 2 aromatic carbocycles. The molecular weight excluding hydrogens is 428 g/mol. The molecule has 0 amide bonds. The van der Waals surface area contributed by atoms with E-state index in [1.54, 1.807) is 6.92 Å². The summed E-state index contributed by atoms with van der Waals surface area (Å²) < 4.78 is 68.1. The predicted molar refractivity (Wildman–Crippen MR) is 108 cm³/mol. The first-order valence-corrected chi connectivity index (χ1v) is 10.2. The summed E-state index contributed by atoms with van der Waals surface area (Å²) >= 11 is 0. The van der Waals surface area contributed by atoms with E-state index in [-0.39, 0.29) is 35.4 Å². The van der Waals surface area contributed by atoms with Gasteiger partial charge >= 0.3 is 5.97 Å². The average molecular weight is 446 g/mol. The number of aromatic nitrogens is 1. The van der Waals surface area contributed by atoms with Crippen LogP contribution < -0.4 is 4.90 Å². The van der Waals surface area contributed by atoms with Gasteiger partial charge in [0.2, 0.25) is 0 Å². The molecule has 5 rings (SSSR count). The van der Waals surface area contributed by atoms with Gasteiger partial charge in [0.25, 0.3) is 0 Å². The molecular formula is C23H18F4N2O3. The molecule has 1 aromatic heterocycles. The molecule has 9 heteroatoms. The zero-order valence-electron chi connectivity index (χ0n) is 17.0. The highest BCUT2D eigenvalue weighted by Gasteiger charge is 2.47. The second kappa shape index (κ2) is 7.74. The van der Waals surface area contributed by atoms with Crippen LogP contribution in [0.15, 0.2) is 30.5 Å². The topological polar surface area (TPSA) is 51.7 Å². The van der Waals surface area contributed by atoms with Crippen molar-refractivity contribution in [2.75, 3.05) is 24.7 Å². The van der Waals surface area contributed by atoms with Crippen molar-refractivity contribution in [3.63, 3.8) is 0 Å².